The Morgan fingerprint density at radius 3 is 2.56 bits per heavy atom. The lowest BCUT2D eigenvalue weighted by Gasteiger charge is -2.17. The van der Waals surface area contributed by atoms with Crippen LogP contribution in [0.1, 0.15) is 24.8 Å². The molecule has 1 amide bonds. The molecular weight excluding hydrogens is 222 g/mol. The van der Waals surface area contributed by atoms with Crippen LogP contribution in [-0.2, 0) is 11.3 Å². The van der Waals surface area contributed by atoms with Crippen molar-refractivity contribution >= 4 is 17.5 Å². The van der Waals surface area contributed by atoms with Gasteiger partial charge in [-0.3, -0.25) is 4.79 Å². The van der Waals surface area contributed by atoms with Crippen LogP contribution in [0, 0.1) is 0 Å². The van der Waals surface area contributed by atoms with Gasteiger partial charge in [0.1, 0.15) is 0 Å². The molecule has 0 aliphatic carbocycles. The van der Waals surface area contributed by atoms with E-state index in [4.69, 9.17) is 11.6 Å². The van der Waals surface area contributed by atoms with Gasteiger partial charge in [0.25, 0.3) is 0 Å². The molecule has 1 aromatic carbocycles. The number of carbonyl (C=O) groups excluding carboxylic acids is 1. The normalized spacial score (nSPS) is 10.1. The Labute approximate surface area is 102 Å². The maximum Gasteiger partial charge on any atom is 0.222 e. The van der Waals surface area contributed by atoms with Gasteiger partial charge in [-0.2, -0.15) is 0 Å². The number of alkyl halides is 1. The highest BCUT2D eigenvalue weighted by atomic mass is 35.5. The molecule has 0 atom stereocenters. The molecule has 0 saturated carbocycles. The van der Waals surface area contributed by atoms with Crippen LogP contribution in [0.3, 0.4) is 0 Å². The Balaban J connectivity index is 2.34. The van der Waals surface area contributed by atoms with Gasteiger partial charge in [0.15, 0.2) is 0 Å². The molecule has 1 aromatic rings. The molecule has 0 heterocycles. The number of carbonyl (C=O) groups is 1. The summed E-state index contributed by atoms with van der Waals surface area (Å²) in [4.78, 5) is 13.5. The van der Waals surface area contributed by atoms with E-state index in [1.165, 1.54) is 0 Å². The number of benzene rings is 1. The molecule has 88 valence electrons. The smallest absolute Gasteiger partial charge is 0.222 e. The number of halogens is 1. The van der Waals surface area contributed by atoms with Crippen molar-refractivity contribution in [1.29, 1.82) is 0 Å². The van der Waals surface area contributed by atoms with Crippen LogP contribution in [0.15, 0.2) is 30.3 Å². The third kappa shape index (κ3) is 4.67. The predicted molar refractivity (Wildman–Crippen MR) is 67.5 cm³/mol. The molecule has 0 bridgehead atoms. The minimum Gasteiger partial charge on any atom is -0.341 e. The topological polar surface area (TPSA) is 20.3 Å². The van der Waals surface area contributed by atoms with Gasteiger partial charge in [-0.15, -0.1) is 11.6 Å². The number of nitrogens with zero attached hydrogens (tertiary/aromatic N) is 1. The van der Waals surface area contributed by atoms with E-state index in [2.05, 4.69) is 0 Å². The molecule has 0 aliphatic rings. The van der Waals surface area contributed by atoms with Crippen LogP contribution in [0.5, 0.6) is 0 Å². The van der Waals surface area contributed by atoms with Crippen molar-refractivity contribution in [1.82, 2.24) is 4.90 Å². The highest BCUT2D eigenvalue weighted by Crippen LogP contribution is 2.06. The minimum atomic E-state index is 0.189. The van der Waals surface area contributed by atoms with E-state index < -0.39 is 0 Å². The van der Waals surface area contributed by atoms with Crippen molar-refractivity contribution in [2.45, 2.75) is 25.8 Å². The molecule has 0 saturated heterocycles. The fourth-order valence-electron chi connectivity index (χ4n) is 1.51. The van der Waals surface area contributed by atoms with Crippen molar-refractivity contribution in [2.24, 2.45) is 0 Å². The molecule has 0 spiro atoms. The minimum absolute atomic E-state index is 0.189. The van der Waals surface area contributed by atoms with Crippen LogP contribution in [0.25, 0.3) is 0 Å². The van der Waals surface area contributed by atoms with Gasteiger partial charge in [0.2, 0.25) is 5.91 Å². The zero-order chi connectivity index (χ0) is 11.8. The van der Waals surface area contributed by atoms with E-state index in [-0.39, 0.29) is 5.91 Å². The molecule has 0 N–H and O–H groups in total. The highest BCUT2D eigenvalue weighted by Gasteiger charge is 2.08. The lowest BCUT2D eigenvalue weighted by molar-refractivity contribution is -0.130. The Kier molecular flexibility index (Phi) is 5.94. The molecule has 16 heavy (non-hydrogen) atoms. The average molecular weight is 240 g/mol. The molecule has 3 heteroatoms. The fourth-order valence-corrected chi connectivity index (χ4v) is 1.70. The van der Waals surface area contributed by atoms with Crippen molar-refractivity contribution < 1.29 is 4.79 Å². The summed E-state index contributed by atoms with van der Waals surface area (Å²) in [5.41, 5.74) is 1.16. The van der Waals surface area contributed by atoms with E-state index in [1.54, 1.807) is 4.90 Å². The predicted octanol–water partition coefficient (Wildman–Crippen LogP) is 3.05. The van der Waals surface area contributed by atoms with Gasteiger partial charge in [-0.25, -0.2) is 0 Å². The lowest BCUT2D eigenvalue weighted by Crippen LogP contribution is -2.25. The first-order valence-corrected chi connectivity index (χ1v) is 6.11. The van der Waals surface area contributed by atoms with E-state index in [1.807, 2.05) is 37.4 Å². The molecule has 2 nitrogen and oxygen atoms in total. The third-order valence-corrected chi connectivity index (χ3v) is 2.73. The molecule has 0 aliphatic heterocycles. The zero-order valence-electron chi connectivity index (χ0n) is 9.66. The zero-order valence-corrected chi connectivity index (χ0v) is 10.4. The van der Waals surface area contributed by atoms with E-state index in [0.29, 0.717) is 18.8 Å². The van der Waals surface area contributed by atoms with Crippen LogP contribution >= 0.6 is 11.6 Å². The monoisotopic (exact) mass is 239 g/mol. The molecule has 1 rings (SSSR count). The number of amides is 1. The Bertz CT molecular complexity index is 313. The molecular formula is C13H18ClNO. The second kappa shape index (κ2) is 7.29. The van der Waals surface area contributed by atoms with Crippen LogP contribution in [0.2, 0.25) is 0 Å². The van der Waals surface area contributed by atoms with Crippen LogP contribution < -0.4 is 0 Å². The largest absolute Gasteiger partial charge is 0.341 e. The summed E-state index contributed by atoms with van der Waals surface area (Å²) in [5, 5.41) is 0. The number of unbranched alkanes of at least 4 members (excludes halogenated alkanes) is 1. The summed E-state index contributed by atoms with van der Waals surface area (Å²) >= 11 is 5.57. The maximum atomic E-state index is 11.7. The summed E-state index contributed by atoms with van der Waals surface area (Å²) in [7, 11) is 1.84. The number of hydrogen-bond acceptors (Lipinski definition) is 1. The van der Waals surface area contributed by atoms with E-state index >= 15 is 0 Å². The summed E-state index contributed by atoms with van der Waals surface area (Å²) < 4.78 is 0. The number of hydrogen-bond donors (Lipinski definition) is 0. The average Bonchev–Trinajstić information content (AvgIpc) is 2.30. The fraction of sp³-hybridized carbons (Fsp3) is 0.462. The van der Waals surface area contributed by atoms with Gasteiger partial charge in [0.05, 0.1) is 0 Å². The van der Waals surface area contributed by atoms with Crippen LogP contribution in [0.4, 0.5) is 0 Å². The third-order valence-electron chi connectivity index (χ3n) is 2.46. The second-order valence-electron chi connectivity index (χ2n) is 3.88. The summed E-state index contributed by atoms with van der Waals surface area (Å²) in [5.74, 6) is 0.823. The summed E-state index contributed by atoms with van der Waals surface area (Å²) in [6.07, 6.45) is 2.38. The maximum absolute atomic E-state index is 11.7. The first-order valence-electron chi connectivity index (χ1n) is 5.58. The molecule has 0 fully saturated rings. The Hall–Kier alpha value is -1.02. The molecule has 0 unspecified atom stereocenters. The highest BCUT2D eigenvalue weighted by molar-refractivity contribution is 6.17. The Morgan fingerprint density at radius 1 is 1.25 bits per heavy atom. The van der Waals surface area contributed by atoms with Crippen LogP contribution in [-0.4, -0.2) is 23.7 Å². The van der Waals surface area contributed by atoms with Crippen molar-refractivity contribution in [2.75, 3.05) is 12.9 Å². The summed E-state index contributed by atoms with van der Waals surface area (Å²) in [6.45, 7) is 0.681. The molecule has 0 radical (unpaired) electrons. The summed E-state index contributed by atoms with van der Waals surface area (Å²) in [6, 6.07) is 10.0. The lowest BCUT2D eigenvalue weighted by atomic mass is 10.2. The van der Waals surface area contributed by atoms with Gasteiger partial charge < -0.3 is 4.90 Å². The molecule has 0 aromatic heterocycles. The van der Waals surface area contributed by atoms with Crippen molar-refractivity contribution in [3.8, 4) is 0 Å². The van der Waals surface area contributed by atoms with E-state index in [9.17, 15) is 4.79 Å². The van der Waals surface area contributed by atoms with Gasteiger partial charge >= 0.3 is 0 Å². The quantitative estimate of drug-likeness (QED) is 0.552. The SMILES string of the molecule is CN(Cc1ccccc1)C(=O)CCCCCl. The number of rotatable bonds is 6. The standard InChI is InChI=1S/C13H18ClNO/c1-15(13(16)9-5-6-10-14)11-12-7-3-2-4-8-12/h2-4,7-8H,5-6,9-11H2,1H3. The second-order valence-corrected chi connectivity index (χ2v) is 4.26. The van der Waals surface area contributed by atoms with Gasteiger partial charge in [0, 0.05) is 25.9 Å². The van der Waals surface area contributed by atoms with Gasteiger partial charge in [-0.05, 0) is 18.4 Å². The first-order chi connectivity index (χ1) is 7.74. The Morgan fingerprint density at radius 2 is 1.94 bits per heavy atom. The van der Waals surface area contributed by atoms with Crippen molar-refractivity contribution in [3.63, 3.8) is 0 Å². The van der Waals surface area contributed by atoms with E-state index in [0.717, 1.165) is 18.4 Å². The van der Waals surface area contributed by atoms with Crippen molar-refractivity contribution in [3.05, 3.63) is 35.9 Å². The van der Waals surface area contributed by atoms with Gasteiger partial charge in [-0.1, -0.05) is 30.3 Å². The first kappa shape index (κ1) is 13.0.